The van der Waals surface area contributed by atoms with Crippen LogP contribution in [0.3, 0.4) is 0 Å². The second-order valence-corrected chi connectivity index (χ2v) is 6.46. The highest BCUT2D eigenvalue weighted by atomic mass is 16.7. The number of amides is 1. The monoisotopic (exact) mass is 383 g/mol. The Morgan fingerprint density at radius 2 is 1.79 bits per heavy atom. The van der Waals surface area contributed by atoms with Gasteiger partial charge in [0.25, 0.3) is 0 Å². The number of carbonyl (C=O) groups excluding carboxylic acids is 1. The van der Waals surface area contributed by atoms with E-state index in [-0.39, 0.29) is 0 Å². The number of nitrogens with zero attached hydrogens (tertiary/aromatic N) is 2. The summed E-state index contributed by atoms with van der Waals surface area (Å²) in [6.07, 6.45) is 8.11. The molecule has 0 aliphatic rings. The summed E-state index contributed by atoms with van der Waals surface area (Å²) in [6, 6.07) is 12.9. The molecule has 28 heavy (non-hydrogen) atoms. The second-order valence-electron chi connectivity index (χ2n) is 6.46. The number of rotatable bonds is 11. The van der Waals surface area contributed by atoms with Crippen LogP contribution < -0.4 is 10.1 Å². The number of benzene rings is 1. The number of oxime groups is 1. The van der Waals surface area contributed by atoms with Crippen molar-refractivity contribution in [3.8, 4) is 5.75 Å². The van der Waals surface area contributed by atoms with Crippen molar-refractivity contribution in [1.82, 2.24) is 10.3 Å². The smallest absolute Gasteiger partial charge is 0.433 e. The first-order valence-corrected chi connectivity index (χ1v) is 9.83. The highest BCUT2D eigenvalue weighted by molar-refractivity contribution is 6.11. The van der Waals surface area contributed by atoms with E-state index in [0.717, 1.165) is 24.2 Å². The maximum atomic E-state index is 12.0. The van der Waals surface area contributed by atoms with Gasteiger partial charge in [0.1, 0.15) is 11.5 Å². The fourth-order valence-corrected chi connectivity index (χ4v) is 2.71. The maximum absolute atomic E-state index is 12.0. The number of pyridine rings is 1. The van der Waals surface area contributed by atoms with Crippen LogP contribution in [0.15, 0.2) is 53.8 Å². The van der Waals surface area contributed by atoms with Crippen molar-refractivity contribution in [3.63, 3.8) is 0 Å². The van der Waals surface area contributed by atoms with Gasteiger partial charge in [0, 0.05) is 18.3 Å². The molecule has 0 saturated carbocycles. The summed E-state index contributed by atoms with van der Waals surface area (Å²) < 4.78 is 5.19. The van der Waals surface area contributed by atoms with Crippen LogP contribution in [0, 0.1) is 0 Å². The van der Waals surface area contributed by atoms with Gasteiger partial charge in [-0.1, -0.05) is 50.2 Å². The first-order chi connectivity index (χ1) is 13.7. The molecule has 1 aromatic heterocycles. The minimum absolute atomic E-state index is 0.484. The van der Waals surface area contributed by atoms with E-state index in [0.29, 0.717) is 18.0 Å². The van der Waals surface area contributed by atoms with Gasteiger partial charge in [0.15, 0.2) is 0 Å². The molecule has 1 N–H and O–H groups in total. The lowest BCUT2D eigenvalue weighted by Gasteiger charge is -2.08. The topological polar surface area (TPSA) is 72.8 Å². The molecule has 2 aromatic rings. The van der Waals surface area contributed by atoms with Gasteiger partial charge in [-0.2, -0.15) is 0 Å². The summed E-state index contributed by atoms with van der Waals surface area (Å²) in [7, 11) is 1.61. The molecule has 0 unspecified atom stereocenters. The van der Waals surface area contributed by atoms with Crippen LogP contribution in [0.5, 0.6) is 5.75 Å². The maximum Gasteiger partial charge on any atom is 0.433 e. The fourth-order valence-electron chi connectivity index (χ4n) is 2.71. The third-order valence-corrected chi connectivity index (χ3v) is 4.29. The van der Waals surface area contributed by atoms with Crippen LogP contribution in [0.2, 0.25) is 0 Å². The summed E-state index contributed by atoms with van der Waals surface area (Å²) in [5.41, 5.74) is 1.89. The molecule has 150 valence electrons. The Morgan fingerprint density at radius 3 is 2.46 bits per heavy atom. The van der Waals surface area contributed by atoms with E-state index in [9.17, 15) is 4.79 Å². The van der Waals surface area contributed by atoms with E-state index in [1.165, 1.54) is 25.7 Å². The van der Waals surface area contributed by atoms with Gasteiger partial charge < -0.3 is 10.1 Å². The summed E-state index contributed by atoms with van der Waals surface area (Å²) in [6.45, 7) is 2.78. The van der Waals surface area contributed by atoms with Crippen molar-refractivity contribution in [3.05, 3.63) is 59.9 Å². The molecule has 0 fully saturated rings. The molecule has 0 atom stereocenters. The Hall–Kier alpha value is -2.89. The molecule has 6 nitrogen and oxygen atoms in total. The van der Waals surface area contributed by atoms with Gasteiger partial charge in [-0.25, -0.2) is 4.79 Å². The zero-order chi connectivity index (χ0) is 20.0. The summed E-state index contributed by atoms with van der Waals surface area (Å²) in [5.74, 6) is 0.738. The Balaban J connectivity index is 1.93. The molecule has 0 saturated heterocycles. The van der Waals surface area contributed by atoms with Gasteiger partial charge >= 0.3 is 6.09 Å². The number of unbranched alkanes of at least 4 members (excludes halogenated alkanes) is 5. The van der Waals surface area contributed by atoms with Gasteiger partial charge in [0.2, 0.25) is 0 Å². The lowest BCUT2D eigenvalue weighted by atomic mass is 10.1. The van der Waals surface area contributed by atoms with Crippen molar-refractivity contribution >= 4 is 11.8 Å². The van der Waals surface area contributed by atoms with E-state index in [2.05, 4.69) is 22.4 Å². The van der Waals surface area contributed by atoms with Crippen LogP contribution in [0.25, 0.3) is 0 Å². The van der Waals surface area contributed by atoms with Gasteiger partial charge in [-0.15, -0.1) is 0 Å². The lowest BCUT2D eigenvalue weighted by Crippen LogP contribution is -2.24. The molecule has 6 heteroatoms. The summed E-state index contributed by atoms with van der Waals surface area (Å²) >= 11 is 0. The van der Waals surface area contributed by atoms with E-state index in [1.54, 1.807) is 13.3 Å². The highest BCUT2D eigenvalue weighted by Gasteiger charge is 2.11. The standard InChI is InChI=1S/C22H29N3O3/c1-3-4-5-6-7-9-17-24-22(26)28-25-21(20-11-8-10-16-23-20)18-12-14-19(27-2)15-13-18/h8,10-16H,3-7,9,17H2,1-2H3,(H,24,26)/b25-21-. The first-order valence-electron chi connectivity index (χ1n) is 9.83. The van der Waals surface area contributed by atoms with E-state index in [1.807, 2.05) is 42.5 Å². The number of ether oxygens (including phenoxy) is 1. The third kappa shape index (κ3) is 7.39. The SMILES string of the molecule is CCCCCCCCNC(=O)O/N=C(/c1ccc(OC)cc1)c1ccccn1. The third-order valence-electron chi connectivity index (χ3n) is 4.29. The fraction of sp³-hybridized carbons (Fsp3) is 0.409. The number of hydrogen-bond acceptors (Lipinski definition) is 5. The van der Waals surface area contributed by atoms with Crippen molar-refractivity contribution in [2.75, 3.05) is 13.7 Å². The molecule has 0 bridgehead atoms. The van der Waals surface area contributed by atoms with Gasteiger partial charge in [0.05, 0.1) is 12.8 Å². The highest BCUT2D eigenvalue weighted by Crippen LogP contribution is 2.15. The Kier molecular flexibility index (Phi) is 9.55. The van der Waals surface area contributed by atoms with Crippen molar-refractivity contribution in [1.29, 1.82) is 0 Å². The molecule has 0 radical (unpaired) electrons. The average Bonchev–Trinajstić information content (AvgIpc) is 2.74. The minimum atomic E-state index is -0.560. The lowest BCUT2D eigenvalue weighted by molar-refractivity contribution is 0.150. The summed E-state index contributed by atoms with van der Waals surface area (Å²) in [5, 5.41) is 6.80. The molecule has 0 aliphatic carbocycles. The van der Waals surface area contributed by atoms with E-state index >= 15 is 0 Å². The van der Waals surface area contributed by atoms with Crippen LogP contribution >= 0.6 is 0 Å². The first kappa shape index (κ1) is 21.4. The van der Waals surface area contributed by atoms with Crippen LogP contribution in [-0.4, -0.2) is 30.4 Å². The molecule has 0 spiro atoms. The normalized spacial score (nSPS) is 11.1. The van der Waals surface area contributed by atoms with Crippen LogP contribution in [0.1, 0.15) is 56.7 Å². The molecule has 1 amide bonds. The number of methoxy groups -OCH3 is 1. The van der Waals surface area contributed by atoms with E-state index in [4.69, 9.17) is 9.57 Å². The number of carbonyl (C=O) groups is 1. The molecule has 2 rings (SSSR count). The minimum Gasteiger partial charge on any atom is -0.497 e. The Labute approximate surface area is 167 Å². The summed E-state index contributed by atoms with van der Waals surface area (Å²) in [4.78, 5) is 21.4. The molecule has 1 heterocycles. The number of hydrogen-bond donors (Lipinski definition) is 1. The molecular formula is C22H29N3O3. The van der Waals surface area contributed by atoms with Crippen molar-refractivity contribution < 1.29 is 14.4 Å². The van der Waals surface area contributed by atoms with Crippen LogP contribution in [-0.2, 0) is 4.84 Å². The largest absolute Gasteiger partial charge is 0.497 e. The second kappa shape index (κ2) is 12.5. The number of nitrogens with one attached hydrogen (secondary N) is 1. The van der Waals surface area contributed by atoms with E-state index < -0.39 is 6.09 Å². The Morgan fingerprint density at radius 1 is 1.04 bits per heavy atom. The molecule has 1 aromatic carbocycles. The zero-order valence-corrected chi connectivity index (χ0v) is 16.7. The Bertz CT molecular complexity index is 730. The predicted molar refractivity (Wildman–Crippen MR) is 111 cm³/mol. The molecule has 0 aliphatic heterocycles. The molecular weight excluding hydrogens is 354 g/mol. The van der Waals surface area contributed by atoms with Crippen LogP contribution in [0.4, 0.5) is 4.79 Å². The number of aromatic nitrogens is 1. The predicted octanol–water partition coefficient (Wildman–Crippen LogP) is 4.93. The van der Waals surface area contributed by atoms with Crippen molar-refractivity contribution in [2.45, 2.75) is 45.4 Å². The zero-order valence-electron chi connectivity index (χ0n) is 16.7. The quantitative estimate of drug-likeness (QED) is 0.258. The van der Waals surface area contributed by atoms with Gasteiger partial charge in [-0.05, 0) is 42.8 Å². The van der Waals surface area contributed by atoms with Crippen molar-refractivity contribution in [2.24, 2.45) is 5.16 Å². The van der Waals surface area contributed by atoms with Gasteiger partial charge in [-0.3, -0.25) is 9.82 Å². The average molecular weight is 383 g/mol.